The van der Waals surface area contributed by atoms with Crippen LogP contribution in [0.2, 0.25) is 0 Å². The van der Waals surface area contributed by atoms with Gasteiger partial charge in [-0.3, -0.25) is 4.79 Å². The predicted octanol–water partition coefficient (Wildman–Crippen LogP) is 2.88. The van der Waals surface area contributed by atoms with E-state index in [-0.39, 0.29) is 5.91 Å². The molecule has 104 valence electrons. The van der Waals surface area contributed by atoms with E-state index in [0.29, 0.717) is 18.4 Å². The van der Waals surface area contributed by atoms with Crippen molar-refractivity contribution in [2.24, 2.45) is 5.92 Å². The van der Waals surface area contributed by atoms with E-state index in [1.54, 1.807) is 7.11 Å². The summed E-state index contributed by atoms with van der Waals surface area (Å²) in [7, 11) is 1.65. The molecule has 0 radical (unpaired) electrons. The number of benzene rings is 1. The molecule has 0 unspecified atom stereocenters. The monoisotopic (exact) mass is 261 g/mol. The molecular formula is C16H23NO2. The zero-order valence-corrected chi connectivity index (χ0v) is 12.1. The highest BCUT2D eigenvalue weighted by Crippen LogP contribution is 2.29. The minimum absolute atomic E-state index is 0.223. The molecule has 0 aromatic heterocycles. The van der Waals surface area contributed by atoms with Crippen molar-refractivity contribution in [2.75, 3.05) is 13.7 Å². The number of methoxy groups -OCH3 is 1. The number of para-hydroxylation sites is 1. The van der Waals surface area contributed by atoms with Crippen LogP contribution in [0.1, 0.15) is 32.3 Å². The largest absolute Gasteiger partial charge is 0.496 e. The molecule has 0 aliphatic heterocycles. The lowest BCUT2D eigenvalue weighted by Crippen LogP contribution is -2.37. The molecule has 1 aliphatic carbocycles. The predicted molar refractivity (Wildman–Crippen MR) is 76.3 cm³/mol. The van der Waals surface area contributed by atoms with Crippen LogP contribution < -0.4 is 4.74 Å². The van der Waals surface area contributed by atoms with E-state index >= 15 is 0 Å². The van der Waals surface area contributed by atoms with Crippen molar-refractivity contribution in [1.29, 1.82) is 0 Å². The van der Waals surface area contributed by atoms with Crippen LogP contribution in [0.5, 0.6) is 5.75 Å². The van der Waals surface area contributed by atoms with Gasteiger partial charge in [0.25, 0.3) is 0 Å². The maximum absolute atomic E-state index is 12.5. The molecule has 1 aliphatic rings. The highest BCUT2D eigenvalue weighted by Gasteiger charge is 2.32. The molecule has 0 bridgehead atoms. The first-order valence-corrected chi connectivity index (χ1v) is 7.03. The second-order valence-electron chi connectivity index (χ2n) is 5.66. The lowest BCUT2D eigenvalue weighted by atomic mass is 10.1. The Morgan fingerprint density at radius 3 is 2.63 bits per heavy atom. The fourth-order valence-corrected chi connectivity index (χ4v) is 2.35. The molecular weight excluding hydrogens is 238 g/mol. The molecule has 1 aromatic rings. The first kappa shape index (κ1) is 13.9. The second kappa shape index (κ2) is 6.09. The Morgan fingerprint density at radius 2 is 2.05 bits per heavy atom. The van der Waals surface area contributed by atoms with E-state index in [2.05, 4.69) is 18.7 Å². The van der Waals surface area contributed by atoms with Crippen LogP contribution in [0, 0.1) is 5.92 Å². The molecule has 1 fully saturated rings. The molecule has 0 saturated heterocycles. The Kier molecular flexibility index (Phi) is 4.46. The third kappa shape index (κ3) is 3.72. The van der Waals surface area contributed by atoms with Crippen LogP contribution in [0.25, 0.3) is 0 Å². The average molecular weight is 261 g/mol. The second-order valence-corrected chi connectivity index (χ2v) is 5.66. The topological polar surface area (TPSA) is 29.5 Å². The van der Waals surface area contributed by atoms with Gasteiger partial charge in [-0.2, -0.15) is 0 Å². The maximum Gasteiger partial charge on any atom is 0.227 e. The summed E-state index contributed by atoms with van der Waals surface area (Å²) in [4.78, 5) is 14.5. The minimum Gasteiger partial charge on any atom is -0.496 e. The maximum atomic E-state index is 12.5. The summed E-state index contributed by atoms with van der Waals surface area (Å²) in [6.07, 6.45) is 2.75. The van der Waals surface area contributed by atoms with Crippen LogP contribution in [0.3, 0.4) is 0 Å². The smallest absolute Gasteiger partial charge is 0.227 e. The molecule has 0 heterocycles. The first-order valence-electron chi connectivity index (χ1n) is 7.03. The van der Waals surface area contributed by atoms with Crippen LogP contribution >= 0.6 is 0 Å². The fourth-order valence-electron chi connectivity index (χ4n) is 2.35. The Bertz CT molecular complexity index is 438. The number of amides is 1. The lowest BCUT2D eigenvalue weighted by molar-refractivity contribution is -0.131. The van der Waals surface area contributed by atoms with Crippen molar-refractivity contribution in [1.82, 2.24) is 4.90 Å². The quantitative estimate of drug-likeness (QED) is 0.788. The van der Waals surface area contributed by atoms with E-state index in [1.165, 1.54) is 0 Å². The van der Waals surface area contributed by atoms with Gasteiger partial charge in [0.1, 0.15) is 5.75 Å². The van der Waals surface area contributed by atoms with E-state index in [4.69, 9.17) is 4.74 Å². The van der Waals surface area contributed by atoms with Crippen molar-refractivity contribution in [3.05, 3.63) is 29.8 Å². The Labute approximate surface area is 115 Å². The third-order valence-corrected chi connectivity index (χ3v) is 3.40. The summed E-state index contributed by atoms with van der Waals surface area (Å²) < 4.78 is 5.31. The Balaban J connectivity index is 2.05. The van der Waals surface area contributed by atoms with Gasteiger partial charge in [-0.25, -0.2) is 0 Å². The van der Waals surface area contributed by atoms with Crippen molar-refractivity contribution in [3.8, 4) is 5.75 Å². The van der Waals surface area contributed by atoms with E-state index in [9.17, 15) is 4.79 Å². The van der Waals surface area contributed by atoms with Crippen molar-refractivity contribution in [2.45, 2.75) is 39.2 Å². The SMILES string of the molecule is COc1ccccc1CC(=O)N(CC(C)C)C1CC1. The van der Waals surface area contributed by atoms with Crippen LogP contribution in [-0.4, -0.2) is 30.5 Å². The standard InChI is InChI=1S/C16H23NO2/c1-12(2)11-17(14-8-9-14)16(18)10-13-6-4-5-7-15(13)19-3/h4-7,12,14H,8-11H2,1-3H3. The minimum atomic E-state index is 0.223. The summed E-state index contributed by atoms with van der Waals surface area (Å²) in [5.74, 6) is 1.54. The van der Waals surface area contributed by atoms with Gasteiger partial charge in [-0.05, 0) is 24.8 Å². The number of rotatable bonds is 6. The van der Waals surface area contributed by atoms with E-state index < -0.39 is 0 Å². The lowest BCUT2D eigenvalue weighted by Gasteiger charge is -2.24. The van der Waals surface area contributed by atoms with Crippen molar-refractivity contribution in [3.63, 3.8) is 0 Å². The summed E-state index contributed by atoms with van der Waals surface area (Å²) in [5, 5.41) is 0. The van der Waals surface area contributed by atoms with Crippen LogP contribution in [0.4, 0.5) is 0 Å². The molecule has 3 heteroatoms. The van der Waals surface area contributed by atoms with Gasteiger partial charge in [-0.15, -0.1) is 0 Å². The number of ether oxygens (including phenoxy) is 1. The molecule has 1 saturated carbocycles. The number of hydrogen-bond acceptors (Lipinski definition) is 2. The summed E-state index contributed by atoms with van der Waals surface area (Å²) >= 11 is 0. The molecule has 19 heavy (non-hydrogen) atoms. The first-order chi connectivity index (χ1) is 9.11. The van der Waals surface area contributed by atoms with Gasteiger partial charge in [-0.1, -0.05) is 32.0 Å². The number of hydrogen-bond donors (Lipinski definition) is 0. The highest BCUT2D eigenvalue weighted by atomic mass is 16.5. The van der Waals surface area contributed by atoms with Gasteiger partial charge in [0, 0.05) is 18.2 Å². The summed E-state index contributed by atoms with van der Waals surface area (Å²) in [6.45, 7) is 5.18. The molecule has 0 spiro atoms. The number of carbonyl (C=O) groups is 1. The van der Waals surface area contributed by atoms with Gasteiger partial charge in [0.15, 0.2) is 0 Å². The normalized spacial score (nSPS) is 14.5. The zero-order chi connectivity index (χ0) is 13.8. The number of carbonyl (C=O) groups excluding carboxylic acids is 1. The molecule has 2 rings (SSSR count). The summed E-state index contributed by atoms with van der Waals surface area (Å²) in [6, 6.07) is 8.24. The van der Waals surface area contributed by atoms with Gasteiger partial charge in [0.05, 0.1) is 13.5 Å². The van der Waals surface area contributed by atoms with Gasteiger partial charge >= 0.3 is 0 Å². The Hall–Kier alpha value is -1.51. The summed E-state index contributed by atoms with van der Waals surface area (Å²) in [5.41, 5.74) is 0.976. The molecule has 1 amide bonds. The van der Waals surface area contributed by atoms with Crippen molar-refractivity contribution < 1.29 is 9.53 Å². The zero-order valence-electron chi connectivity index (χ0n) is 12.1. The molecule has 0 N–H and O–H groups in total. The highest BCUT2D eigenvalue weighted by molar-refractivity contribution is 5.80. The van der Waals surface area contributed by atoms with Gasteiger partial charge in [0.2, 0.25) is 5.91 Å². The molecule has 3 nitrogen and oxygen atoms in total. The molecule has 0 atom stereocenters. The van der Waals surface area contributed by atoms with E-state index in [0.717, 1.165) is 30.7 Å². The average Bonchev–Trinajstić information content (AvgIpc) is 3.20. The number of nitrogens with zero attached hydrogens (tertiary/aromatic N) is 1. The fraction of sp³-hybridized carbons (Fsp3) is 0.562. The van der Waals surface area contributed by atoms with Crippen molar-refractivity contribution >= 4 is 5.91 Å². The van der Waals surface area contributed by atoms with Gasteiger partial charge < -0.3 is 9.64 Å². The Morgan fingerprint density at radius 1 is 1.37 bits per heavy atom. The van der Waals surface area contributed by atoms with Crippen LogP contribution in [-0.2, 0) is 11.2 Å². The third-order valence-electron chi connectivity index (χ3n) is 3.40. The van der Waals surface area contributed by atoms with Crippen LogP contribution in [0.15, 0.2) is 24.3 Å². The van der Waals surface area contributed by atoms with E-state index in [1.807, 2.05) is 24.3 Å². The molecule has 1 aromatic carbocycles.